The molecule has 2 aromatic carbocycles. The fourth-order valence-electron chi connectivity index (χ4n) is 2.87. The standard InChI is InChI=1S/C23H28N2O5/c1-23(2,3)21(28)25(15-20(26)27)14-19-12-8-7-11-18(19)13-24-22(29)30-16-17-9-5-4-6-10-17/h4-12H,13-16H2,1-3H3,(H,24,29)(H,26,27). The Hall–Kier alpha value is -3.35. The van der Waals surface area contributed by atoms with Crippen molar-refractivity contribution in [2.24, 2.45) is 5.41 Å². The lowest BCUT2D eigenvalue weighted by Gasteiger charge is -2.29. The predicted molar refractivity (Wildman–Crippen MR) is 112 cm³/mol. The smallest absolute Gasteiger partial charge is 0.407 e. The van der Waals surface area contributed by atoms with Gasteiger partial charge in [-0.25, -0.2) is 4.79 Å². The number of carbonyl (C=O) groups excluding carboxylic acids is 2. The van der Waals surface area contributed by atoms with Gasteiger partial charge < -0.3 is 20.1 Å². The van der Waals surface area contributed by atoms with Gasteiger partial charge in [-0.1, -0.05) is 75.4 Å². The number of carboxylic acid groups (broad SMARTS) is 1. The molecule has 2 N–H and O–H groups in total. The number of nitrogens with zero attached hydrogens (tertiary/aromatic N) is 1. The number of carboxylic acids is 1. The number of rotatable bonds is 8. The molecule has 7 nitrogen and oxygen atoms in total. The number of hydrogen-bond donors (Lipinski definition) is 2. The van der Waals surface area contributed by atoms with Gasteiger partial charge in [-0.15, -0.1) is 0 Å². The molecule has 0 aliphatic rings. The Bertz CT molecular complexity index is 875. The van der Waals surface area contributed by atoms with Gasteiger partial charge in [-0.3, -0.25) is 9.59 Å². The third-order valence-electron chi connectivity index (χ3n) is 4.37. The van der Waals surface area contributed by atoms with Crippen LogP contribution in [0.5, 0.6) is 0 Å². The van der Waals surface area contributed by atoms with Gasteiger partial charge in [0.25, 0.3) is 0 Å². The first kappa shape index (κ1) is 22.9. The van der Waals surface area contributed by atoms with Crippen molar-refractivity contribution >= 4 is 18.0 Å². The monoisotopic (exact) mass is 412 g/mol. The van der Waals surface area contributed by atoms with Crippen LogP contribution in [0, 0.1) is 5.41 Å². The van der Waals surface area contributed by atoms with Crippen molar-refractivity contribution in [3.63, 3.8) is 0 Å². The minimum Gasteiger partial charge on any atom is -0.480 e. The van der Waals surface area contributed by atoms with Crippen LogP contribution in [0.15, 0.2) is 54.6 Å². The lowest BCUT2D eigenvalue weighted by atomic mass is 9.94. The molecule has 2 amide bonds. The van der Waals surface area contributed by atoms with E-state index in [1.807, 2.05) is 54.6 Å². The number of carbonyl (C=O) groups is 3. The van der Waals surface area contributed by atoms with Gasteiger partial charge in [-0.05, 0) is 16.7 Å². The average molecular weight is 412 g/mol. The number of ether oxygens (including phenoxy) is 1. The van der Waals surface area contributed by atoms with Crippen LogP contribution in [-0.2, 0) is 34.0 Å². The minimum absolute atomic E-state index is 0.138. The third-order valence-corrected chi connectivity index (χ3v) is 4.37. The second-order valence-electron chi connectivity index (χ2n) is 7.99. The Labute approximate surface area is 176 Å². The maximum Gasteiger partial charge on any atom is 0.407 e. The van der Waals surface area contributed by atoms with Crippen LogP contribution in [0.4, 0.5) is 4.79 Å². The molecule has 160 valence electrons. The number of hydrogen-bond acceptors (Lipinski definition) is 4. The second-order valence-corrected chi connectivity index (χ2v) is 7.99. The normalized spacial score (nSPS) is 10.9. The average Bonchev–Trinajstić information content (AvgIpc) is 2.70. The molecule has 0 aromatic heterocycles. The van der Waals surface area contributed by atoms with Gasteiger partial charge in [0.05, 0.1) is 0 Å². The molecule has 7 heteroatoms. The van der Waals surface area contributed by atoms with E-state index < -0.39 is 24.0 Å². The van der Waals surface area contributed by atoms with Crippen molar-refractivity contribution in [1.82, 2.24) is 10.2 Å². The molecule has 0 spiro atoms. The first-order chi connectivity index (χ1) is 14.2. The van der Waals surface area contributed by atoms with Gasteiger partial charge >= 0.3 is 12.1 Å². The zero-order chi connectivity index (χ0) is 22.1. The van der Waals surface area contributed by atoms with Gasteiger partial charge in [0.15, 0.2) is 0 Å². The fraction of sp³-hybridized carbons (Fsp3) is 0.348. The van der Waals surface area contributed by atoms with Crippen LogP contribution in [0.3, 0.4) is 0 Å². The highest BCUT2D eigenvalue weighted by atomic mass is 16.5. The van der Waals surface area contributed by atoms with E-state index in [0.29, 0.717) is 0 Å². The zero-order valence-corrected chi connectivity index (χ0v) is 17.6. The topological polar surface area (TPSA) is 95.9 Å². The summed E-state index contributed by atoms with van der Waals surface area (Å²) in [6.45, 7) is 5.37. The minimum atomic E-state index is -1.08. The second kappa shape index (κ2) is 10.4. The summed E-state index contributed by atoms with van der Waals surface area (Å²) in [5.41, 5.74) is 1.73. The number of alkyl carbamates (subject to hydrolysis) is 1. The molecule has 0 fully saturated rings. The summed E-state index contributed by atoms with van der Waals surface area (Å²) in [6.07, 6.45) is -0.554. The number of benzene rings is 2. The van der Waals surface area contributed by atoms with Crippen LogP contribution < -0.4 is 5.32 Å². The van der Waals surface area contributed by atoms with Gasteiger partial charge in [0.2, 0.25) is 5.91 Å². The number of amides is 2. The van der Waals surface area contributed by atoms with E-state index in [1.54, 1.807) is 20.8 Å². The molecule has 0 unspecified atom stereocenters. The van der Waals surface area contributed by atoms with Crippen molar-refractivity contribution in [1.29, 1.82) is 0 Å². The van der Waals surface area contributed by atoms with Gasteiger partial charge in [0, 0.05) is 18.5 Å². The Morgan fingerprint density at radius 2 is 1.57 bits per heavy atom. The third kappa shape index (κ3) is 7.24. The highest BCUT2D eigenvalue weighted by Crippen LogP contribution is 2.20. The highest BCUT2D eigenvalue weighted by Gasteiger charge is 2.29. The summed E-state index contributed by atoms with van der Waals surface area (Å²) in [4.78, 5) is 37.3. The molecule has 0 saturated carbocycles. The summed E-state index contributed by atoms with van der Waals surface area (Å²) in [5.74, 6) is -1.33. The molecule has 0 bridgehead atoms. The largest absolute Gasteiger partial charge is 0.480 e. The Balaban J connectivity index is 2.02. The van der Waals surface area contributed by atoms with Gasteiger partial charge in [0.1, 0.15) is 13.2 Å². The number of nitrogens with one attached hydrogen (secondary N) is 1. The first-order valence-electron chi connectivity index (χ1n) is 9.69. The SMILES string of the molecule is CC(C)(C)C(=O)N(CC(=O)O)Cc1ccccc1CNC(=O)OCc1ccccc1. The molecule has 30 heavy (non-hydrogen) atoms. The van der Waals surface area contributed by atoms with Crippen molar-refractivity contribution in [3.8, 4) is 0 Å². The van der Waals surface area contributed by atoms with E-state index in [1.165, 1.54) is 4.90 Å². The Morgan fingerprint density at radius 1 is 0.967 bits per heavy atom. The Kier molecular flexibility index (Phi) is 7.98. The fourth-order valence-corrected chi connectivity index (χ4v) is 2.87. The molecule has 0 aliphatic carbocycles. The molecule has 2 aromatic rings. The van der Waals surface area contributed by atoms with Crippen molar-refractivity contribution in [3.05, 3.63) is 71.3 Å². The zero-order valence-electron chi connectivity index (χ0n) is 17.6. The maximum absolute atomic E-state index is 12.7. The van der Waals surface area contributed by atoms with Crippen LogP contribution in [0.2, 0.25) is 0 Å². The van der Waals surface area contributed by atoms with Gasteiger partial charge in [-0.2, -0.15) is 0 Å². The molecular weight excluding hydrogens is 384 g/mol. The highest BCUT2D eigenvalue weighted by molar-refractivity contribution is 5.85. The van der Waals surface area contributed by atoms with E-state index >= 15 is 0 Å². The molecule has 0 saturated heterocycles. The van der Waals surface area contributed by atoms with E-state index in [4.69, 9.17) is 4.74 Å². The summed E-state index contributed by atoms with van der Waals surface area (Å²) >= 11 is 0. The van der Waals surface area contributed by atoms with Crippen LogP contribution >= 0.6 is 0 Å². The quantitative estimate of drug-likeness (QED) is 0.691. The Morgan fingerprint density at radius 3 is 2.17 bits per heavy atom. The van der Waals surface area contributed by atoms with Crippen LogP contribution in [-0.4, -0.2) is 34.5 Å². The lowest BCUT2D eigenvalue weighted by Crippen LogP contribution is -2.42. The summed E-state index contributed by atoms with van der Waals surface area (Å²) in [7, 11) is 0. The molecule has 0 aliphatic heterocycles. The summed E-state index contributed by atoms with van der Waals surface area (Å²) in [6, 6.07) is 16.6. The van der Waals surface area contributed by atoms with E-state index in [9.17, 15) is 19.5 Å². The van der Waals surface area contributed by atoms with E-state index in [2.05, 4.69) is 5.32 Å². The van der Waals surface area contributed by atoms with Crippen molar-refractivity contribution < 1.29 is 24.2 Å². The van der Waals surface area contributed by atoms with E-state index in [0.717, 1.165) is 16.7 Å². The van der Waals surface area contributed by atoms with Crippen molar-refractivity contribution in [2.75, 3.05) is 6.54 Å². The number of aliphatic carboxylic acids is 1. The van der Waals surface area contributed by atoms with Crippen LogP contribution in [0.25, 0.3) is 0 Å². The lowest BCUT2D eigenvalue weighted by molar-refractivity contribution is -0.148. The predicted octanol–water partition coefficient (Wildman–Crippen LogP) is 3.57. The first-order valence-corrected chi connectivity index (χ1v) is 9.69. The van der Waals surface area contributed by atoms with Crippen molar-refractivity contribution in [2.45, 2.75) is 40.5 Å². The summed E-state index contributed by atoms with van der Waals surface area (Å²) < 4.78 is 5.21. The molecule has 0 heterocycles. The molecular formula is C23H28N2O5. The summed E-state index contributed by atoms with van der Waals surface area (Å²) in [5, 5.41) is 11.9. The molecule has 0 atom stereocenters. The molecule has 2 rings (SSSR count). The maximum atomic E-state index is 12.7. The van der Waals surface area contributed by atoms with Crippen LogP contribution in [0.1, 0.15) is 37.5 Å². The molecule has 0 radical (unpaired) electrons. The van der Waals surface area contributed by atoms with E-state index in [-0.39, 0.29) is 25.6 Å².